The summed E-state index contributed by atoms with van der Waals surface area (Å²) in [4.78, 5) is 1.82. The van der Waals surface area contributed by atoms with Crippen LogP contribution in [0.4, 0.5) is 0 Å². The molecule has 136 valence electrons. The van der Waals surface area contributed by atoms with Crippen LogP contribution in [-0.4, -0.2) is 18.7 Å². The van der Waals surface area contributed by atoms with Crippen LogP contribution in [0, 0.1) is 10.2 Å². The molecule has 3 aromatic carbocycles. The number of hydrogen-bond donors (Lipinski definition) is 0. The number of benzene rings is 3. The minimum atomic E-state index is -4.51. The molecule has 0 saturated heterocycles. The topological polar surface area (TPSA) is 78.4 Å². The van der Waals surface area contributed by atoms with Crippen molar-refractivity contribution in [3.8, 4) is 0 Å². The van der Waals surface area contributed by atoms with Crippen LogP contribution in [0.25, 0.3) is 11.1 Å². The third-order valence-corrected chi connectivity index (χ3v) is 8.88. The average molecular weight is 446 g/mol. The molecule has 0 spiro atoms. The third kappa shape index (κ3) is 3.95. The summed E-state index contributed by atoms with van der Waals surface area (Å²) in [5.41, 5.74) is 4.75. The van der Waals surface area contributed by atoms with Crippen LogP contribution in [0.2, 0.25) is 0 Å². The van der Waals surface area contributed by atoms with Crippen molar-refractivity contribution in [1.82, 2.24) is 0 Å². The molecule has 0 fully saturated rings. The van der Waals surface area contributed by atoms with Crippen LogP contribution in [0.3, 0.4) is 0 Å². The Kier molecular flexibility index (Phi) is 5.08. The van der Waals surface area contributed by atoms with Crippen molar-refractivity contribution >= 4 is 34.3 Å². The van der Waals surface area contributed by atoms with Gasteiger partial charge in [0.1, 0.15) is 0 Å². The van der Waals surface area contributed by atoms with Gasteiger partial charge in [0.2, 0.25) is 0 Å². The summed E-state index contributed by atoms with van der Waals surface area (Å²) in [5.74, 6) is 0. The van der Waals surface area contributed by atoms with E-state index in [1.165, 1.54) is 0 Å². The van der Waals surface area contributed by atoms with E-state index in [9.17, 15) is 14.0 Å². The Morgan fingerprint density at radius 3 is 1.85 bits per heavy atom. The quantitative estimate of drug-likeness (QED) is 0.536. The normalized spacial score (nSPS) is 16.6. The molecule has 1 atom stereocenters. The summed E-state index contributed by atoms with van der Waals surface area (Å²) >= 11 is -2.47. The van der Waals surface area contributed by atoms with Crippen LogP contribution < -0.4 is 18.4 Å². The molecular formula is C21H15ClO4Se. The number of hydrogen-bond acceptors (Lipinski definition) is 4. The first-order valence-electron chi connectivity index (χ1n) is 8.16. The molecule has 1 aliphatic heterocycles. The zero-order chi connectivity index (χ0) is 18.9. The van der Waals surface area contributed by atoms with E-state index >= 15 is 0 Å². The van der Waals surface area contributed by atoms with Crippen molar-refractivity contribution < 1.29 is 27.6 Å². The number of halogens is 1. The summed E-state index contributed by atoms with van der Waals surface area (Å²) in [7, 11) is -4.51. The molecule has 4 rings (SSSR count). The van der Waals surface area contributed by atoms with Gasteiger partial charge in [-0.2, -0.15) is 0 Å². The Labute approximate surface area is 163 Å². The van der Waals surface area contributed by atoms with Gasteiger partial charge in [0.05, 0.1) is 0 Å². The summed E-state index contributed by atoms with van der Waals surface area (Å²) < 4.78 is 39.6. The van der Waals surface area contributed by atoms with Gasteiger partial charge in [0, 0.05) is 0 Å². The standard InChI is InChI=1S/C21H15ClO4Se/c23-22(24,25)26-27-15-19(16-9-3-1-4-10-16)21(17-11-5-2-6-12-17)18-13-7-8-14-20(18)27/h1-15H. The van der Waals surface area contributed by atoms with E-state index < -0.39 is 24.0 Å². The van der Waals surface area contributed by atoms with Gasteiger partial charge in [-0.15, -0.1) is 0 Å². The molecule has 0 aromatic heterocycles. The fourth-order valence-electron chi connectivity index (χ4n) is 3.10. The molecule has 0 amide bonds. The first kappa shape index (κ1) is 18.3. The molecule has 4 nitrogen and oxygen atoms in total. The molecule has 0 bridgehead atoms. The summed E-state index contributed by atoms with van der Waals surface area (Å²) in [6.45, 7) is 0. The van der Waals surface area contributed by atoms with E-state index in [1.807, 2.05) is 89.8 Å². The van der Waals surface area contributed by atoms with E-state index in [2.05, 4.69) is 0 Å². The van der Waals surface area contributed by atoms with Gasteiger partial charge >= 0.3 is 164 Å². The van der Waals surface area contributed by atoms with E-state index in [0.29, 0.717) is 0 Å². The van der Waals surface area contributed by atoms with Crippen molar-refractivity contribution in [3.05, 3.63) is 102 Å². The third-order valence-electron chi connectivity index (χ3n) is 4.16. The second-order valence-corrected chi connectivity index (χ2v) is 10.2. The molecule has 6 heteroatoms. The molecule has 0 N–H and O–H groups in total. The first-order valence-corrected chi connectivity index (χ1v) is 11.9. The number of rotatable bonds is 4. The van der Waals surface area contributed by atoms with Gasteiger partial charge in [-0.25, -0.2) is 0 Å². The predicted octanol–water partition coefficient (Wildman–Crippen LogP) is 0.156. The molecule has 1 aliphatic rings. The van der Waals surface area contributed by atoms with Gasteiger partial charge in [-0.3, -0.25) is 0 Å². The van der Waals surface area contributed by atoms with Crippen molar-refractivity contribution in [2.45, 2.75) is 0 Å². The zero-order valence-electron chi connectivity index (χ0n) is 14.1. The summed E-state index contributed by atoms with van der Waals surface area (Å²) in [5, 5.41) is 0. The molecule has 1 unspecified atom stereocenters. The van der Waals surface area contributed by atoms with Gasteiger partial charge in [0.15, 0.2) is 0 Å². The predicted molar refractivity (Wildman–Crippen MR) is 97.8 cm³/mol. The SMILES string of the molecule is [O-][Cl+3]([O-])([O-])O[Se]1=CC(c2ccccc2)=C(c2ccccc2)c2ccccc21. The van der Waals surface area contributed by atoms with E-state index in [0.717, 1.165) is 32.3 Å². The Bertz CT molecular complexity index is 1020. The number of allylic oxidation sites excluding steroid dienone is 1. The summed E-state index contributed by atoms with van der Waals surface area (Å²) in [6.07, 6.45) is 0. The maximum atomic E-state index is 11.3. The van der Waals surface area contributed by atoms with Gasteiger partial charge in [0.25, 0.3) is 0 Å². The molecular weight excluding hydrogens is 431 g/mol. The fraction of sp³-hybridized carbons (Fsp3) is 0. The molecule has 27 heavy (non-hydrogen) atoms. The van der Waals surface area contributed by atoms with Gasteiger partial charge < -0.3 is 0 Å². The van der Waals surface area contributed by atoms with Crippen LogP contribution in [-0.2, 0) is 3.37 Å². The average Bonchev–Trinajstić information content (AvgIpc) is 2.68. The van der Waals surface area contributed by atoms with Crippen LogP contribution in [0.5, 0.6) is 0 Å². The second-order valence-electron chi connectivity index (χ2n) is 5.87. The molecule has 0 saturated carbocycles. The Balaban J connectivity index is 2.02. The maximum absolute atomic E-state index is 11.3. The van der Waals surface area contributed by atoms with Crippen LogP contribution >= 0.6 is 0 Å². The monoisotopic (exact) mass is 446 g/mol. The number of fused-ring (bicyclic) bond motifs is 1. The van der Waals surface area contributed by atoms with Crippen molar-refractivity contribution in [3.63, 3.8) is 0 Å². The van der Waals surface area contributed by atoms with Gasteiger partial charge in [-0.05, 0) is 0 Å². The van der Waals surface area contributed by atoms with Crippen LogP contribution in [0.15, 0.2) is 84.9 Å². The summed E-state index contributed by atoms with van der Waals surface area (Å²) in [6, 6.07) is 27.2. The molecule has 0 radical (unpaired) electrons. The van der Waals surface area contributed by atoms with Crippen molar-refractivity contribution in [2.75, 3.05) is 0 Å². The Morgan fingerprint density at radius 1 is 0.667 bits per heavy atom. The fourth-order valence-corrected chi connectivity index (χ4v) is 7.58. The van der Waals surface area contributed by atoms with E-state index in [1.54, 1.807) is 0 Å². The molecule has 0 aliphatic carbocycles. The first-order chi connectivity index (χ1) is 13.0. The van der Waals surface area contributed by atoms with Gasteiger partial charge in [-0.1, -0.05) is 0 Å². The van der Waals surface area contributed by atoms with E-state index in [4.69, 9.17) is 3.37 Å². The Morgan fingerprint density at radius 2 is 1.22 bits per heavy atom. The Hall–Kier alpha value is -2.08. The second kappa shape index (κ2) is 7.50. The van der Waals surface area contributed by atoms with Crippen LogP contribution in [0.1, 0.15) is 16.7 Å². The van der Waals surface area contributed by atoms with E-state index in [-0.39, 0.29) is 0 Å². The minimum absolute atomic E-state index is 0.767. The zero-order valence-corrected chi connectivity index (χ0v) is 16.5. The van der Waals surface area contributed by atoms with Crippen molar-refractivity contribution in [1.29, 1.82) is 0 Å². The van der Waals surface area contributed by atoms with Crippen molar-refractivity contribution in [2.24, 2.45) is 0 Å². The molecule has 1 heterocycles. The molecule has 3 aromatic rings.